The van der Waals surface area contributed by atoms with E-state index in [2.05, 4.69) is 38.4 Å². The van der Waals surface area contributed by atoms with Gasteiger partial charge in [0.2, 0.25) is 5.91 Å². The topological polar surface area (TPSA) is 87.3 Å². The number of H-pyrrole nitrogens is 1. The average molecular weight is 544 g/mol. The summed E-state index contributed by atoms with van der Waals surface area (Å²) >= 11 is 3.50. The SMILES string of the molecule is COC(=O)NC1(C(=O)N2CCC(CCC3CC3)[C@H]2c2ncc(-c3ccc(Br)cc3)[nH]2)CCCCC1. The van der Waals surface area contributed by atoms with E-state index in [9.17, 15) is 9.59 Å². The van der Waals surface area contributed by atoms with Crippen LogP contribution in [0.1, 0.15) is 76.1 Å². The number of imidazole rings is 1. The number of likely N-dealkylation sites (tertiary alicyclic amines) is 1. The van der Waals surface area contributed by atoms with Crippen molar-refractivity contribution in [2.75, 3.05) is 13.7 Å². The minimum atomic E-state index is -0.893. The Morgan fingerprint density at radius 2 is 1.89 bits per heavy atom. The number of carbonyl (C=O) groups excluding carboxylic acids is 2. The Morgan fingerprint density at radius 1 is 1.14 bits per heavy atom. The van der Waals surface area contributed by atoms with Crippen LogP contribution in [-0.2, 0) is 9.53 Å². The minimum Gasteiger partial charge on any atom is -0.453 e. The second-order valence-corrected chi connectivity index (χ2v) is 11.4. The quantitative estimate of drug-likeness (QED) is 0.450. The molecule has 1 saturated heterocycles. The molecule has 3 aliphatic rings. The fraction of sp³-hybridized carbons (Fsp3) is 0.593. The van der Waals surface area contributed by atoms with E-state index in [-0.39, 0.29) is 11.9 Å². The Bertz CT molecular complexity index is 1040. The van der Waals surface area contributed by atoms with Crippen molar-refractivity contribution >= 4 is 27.9 Å². The average Bonchev–Trinajstić information content (AvgIpc) is 3.41. The molecule has 35 heavy (non-hydrogen) atoms. The fourth-order valence-corrected chi connectivity index (χ4v) is 6.21. The van der Waals surface area contributed by atoms with Gasteiger partial charge in [0.05, 0.1) is 25.0 Å². The van der Waals surface area contributed by atoms with E-state index in [0.29, 0.717) is 25.3 Å². The summed E-state index contributed by atoms with van der Waals surface area (Å²) < 4.78 is 5.95. The first kappa shape index (κ1) is 24.3. The van der Waals surface area contributed by atoms with Crippen molar-refractivity contribution in [2.24, 2.45) is 11.8 Å². The van der Waals surface area contributed by atoms with Crippen LogP contribution >= 0.6 is 15.9 Å². The van der Waals surface area contributed by atoms with E-state index in [1.807, 2.05) is 23.2 Å². The van der Waals surface area contributed by atoms with E-state index >= 15 is 0 Å². The van der Waals surface area contributed by atoms with Gasteiger partial charge in [0.25, 0.3) is 0 Å². The summed E-state index contributed by atoms with van der Waals surface area (Å²) in [5, 5.41) is 2.95. The summed E-state index contributed by atoms with van der Waals surface area (Å²) in [6.07, 6.45) is 11.5. The third kappa shape index (κ3) is 5.27. The Balaban J connectivity index is 1.44. The first-order valence-electron chi connectivity index (χ1n) is 13.0. The number of alkyl carbamates (subject to hydrolysis) is 1. The molecule has 0 spiro atoms. The number of nitrogens with one attached hydrogen (secondary N) is 2. The zero-order valence-electron chi connectivity index (χ0n) is 20.4. The molecule has 1 unspecified atom stereocenters. The van der Waals surface area contributed by atoms with E-state index in [1.54, 1.807) is 0 Å². The van der Waals surface area contributed by atoms with Gasteiger partial charge >= 0.3 is 6.09 Å². The molecule has 8 heteroatoms. The minimum absolute atomic E-state index is 0.0168. The van der Waals surface area contributed by atoms with Crippen LogP contribution in [0.4, 0.5) is 4.79 Å². The lowest BCUT2D eigenvalue weighted by Crippen LogP contribution is -2.60. The molecule has 2 aromatic rings. The second-order valence-electron chi connectivity index (χ2n) is 10.5. The molecule has 2 amide bonds. The highest BCUT2D eigenvalue weighted by atomic mass is 79.9. The standard InChI is InChI=1S/C27H35BrN4O3/c1-35-26(34)31-27(14-3-2-4-15-27)25(33)32-16-13-20(8-7-18-5-6-18)23(32)24-29-17-22(30-24)19-9-11-21(28)12-10-19/h9-12,17-18,20,23H,2-8,13-16H2,1H3,(H,29,30)(H,31,34)/t20?,23-/m0/s1. The summed E-state index contributed by atoms with van der Waals surface area (Å²) in [5.74, 6) is 2.07. The number of carbonyl (C=O) groups is 2. The normalized spacial score (nSPS) is 23.8. The highest BCUT2D eigenvalue weighted by Gasteiger charge is 2.49. The van der Waals surface area contributed by atoms with Crippen molar-refractivity contribution in [1.29, 1.82) is 0 Å². The van der Waals surface area contributed by atoms with Crippen LogP contribution in [0, 0.1) is 11.8 Å². The number of aromatic nitrogens is 2. The molecule has 3 fully saturated rings. The van der Waals surface area contributed by atoms with Gasteiger partial charge in [-0.05, 0) is 55.2 Å². The monoisotopic (exact) mass is 542 g/mol. The number of hydrogen-bond donors (Lipinski definition) is 2. The van der Waals surface area contributed by atoms with Gasteiger partial charge in [-0.3, -0.25) is 4.79 Å². The molecular weight excluding hydrogens is 508 g/mol. The molecule has 1 aromatic heterocycles. The summed E-state index contributed by atoms with van der Waals surface area (Å²) in [5.41, 5.74) is 1.12. The van der Waals surface area contributed by atoms with Crippen LogP contribution in [0.2, 0.25) is 0 Å². The predicted octanol–water partition coefficient (Wildman–Crippen LogP) is 5.98. The maximum absolute atomic E-state index is 14.2. The number of nitrogens with zero attached hydrogens (tertiary/aromatic N) is 2. The third-order valence-corrected chi connectivity index (χ3v) is 8.63. The van der Waals surface area contributed by atoms with Crippen molar-refractivity contribution in [3.63, 3.8) is 0 Å². The maximum atomic E-state index is 14.2. The molecular formula is C27H35BrN4O3. The molecule has 2 heterocycles. The molecule has 0 radical (unpaired) electrons. The van der Waals surface area contributed by atoms with Gasteiger partial charge in [-0.15, -0.1) is 0 Å². The van der Waals surface area contributed by atoms with Crippen LogP contribution in [-0.4, -0.2) is 46.1 Å². The number of methoxy groups -OCH3 is 1. The summed E-state index contributed by atoms with van der Waals surface area (Å²) in [4.78, 5) is 36.8. The number of aromatic amines is 1. The van der Waals surface area contributed by atoms with Gasteiger partial charge in [-0.25, -0.2) is 9.78 Å². The molecule has 0 bridgehead atoms. The Kier molecular flexibility index (Phi) is 7.19. The van der Waals surface area contributed by atoms with Crippen LogP contribution in [0.15, 0.2) is 34.9 Å². The lowest BCUT2D eigenvalue weighted by Gasteiger charge is -2.40. The molecule has 2 N–H and O–H groups in total. The van der Waals surface area contributed by atoms with Gasteiger partial charge in [0.15, 0.2) is 0 Å². The number of halogens is 1. The predicted molar refractivity (Wildman–Crippen MR) is 138 cm³/mol. The molecule has 7 nitrogen and oxygen atoms in total. The molecule has 5 rings (SSSR count). The molecule has 1 aliphatic heterocycles. The molecule has 188 valence electrons. The van der Waals surface area contributed by atoms with Gasteiger partial charge in [-0.2, -0.15) is 0 Å². The van der Waals surface area contributed by atoms with Gasteiger partial charge in [0, 0.05) is 11.0 Å². The third-order valence-electron chi connectivity index (χ3n) is 8.10. The smallest absolute Gasteiger partial charge is 0.407 e. The van der Waals surface area contributed by atoms with Crippen molar-refractivity contribution in [3.05, 3.63) is 40.8 Å². The van der Waals surface area contributed by atoms with Gasteiger partial charge in [-0.1, -0.05) is 66.6 Å². The highest BCUT2D eigenvalue weighted by Crippen LogP contribution is 2.45. The lowest BCUT2D eigenvalue weighted by atomic mass is 9.80. The van der Waals surface area contributed by atoms with Gasteiger partial charge < -0.3 is 19.9 Å². The first-order chi connectivity index (χ1) is 17.0. The summed E-state index contributed by atoms with van der Waals surface area (Å²) in [6.45, 7) is 0.692. The van der Waals surface area contributed by atoms with Crippen molar-refractivity contribution in [1.82, 2.24) is 20.2 Å². The number of benzene rings is 1. The number of ether oxygens (including phenoxy) is 1. The van der Waals surface area contributed by atoms with Crippen molar-refractivity contribution < 1.29 is 14.3 Å². The van der Waals surface area contributed by atoms with Crippen LogP contribution < -0.4 is 5.32 Å². The Hall–Kier alpha value is -2.35. The summed E-state index contributed by atoms with van der Waals surface area (Å²) in [6, 6.07) is 8.04. The van der Waals surface area contributed by atoms with Crippen LogP contribution in [0.25, 0.3) is 11.3 Å². The highest BCUT2D eigenvalue weighted by molar-refractivity contribution is 9.10. The van der Waals surface area contributed by atoms with Crippen LogP contribution in [0.5, 0.6) is 0 Å². The maximum Gasteiger partial charge on any atom is 0.407 e. The molecule has 2 aliphatic carbocycles. The zero-order chi connectivity index (χ0) is 24.4. The summed E-state index contributed by atoms with van der Waals surface area (Å²) in [7, 11) is 1.36. The molecule has 2 saturated carbocycles. The molecule has 1 aromatic carbocycles. The van der Waals surface area contributed by atoms with E-state index < -0.39 is 11.6 Å². The van der Waals surface area contributed by atoms with Gasteiger partial charge in [0.1, 0.15) is 11.4 Å². The number of rotatable bonds is 7. The van der Waals surface area contributed by atoms with E-state index in [0.717, 1.165) is 59.6 Å². The second kappa shape index (κ2) is 10.3. The molecule has 2 atom stereocenters. The Labute approximate surface area is 215 Å². The fourth-order valence-electron chi connectivity index (χ4n) is 5.95. The Morgan fingerprint density at radius 3 is 2.57 bits per heavy atom. The number of amides is 2. The largest absolute Gasteiger partial charge is 0.453 e. The van der Waals surface area contributed by atoms with Crippen molar-refractivity contribution in [3.8, 4) is 11.3 Å². The van der Waals surface area contributed by atoms with Crippen molar-refractivity contribution in [2.45, 2.75) is 75.8 Å². The van der Waals surface area contributed by atoms with E-state index in [1.165, 1.54) is 26.4 Å². The zero-order valence-corrected chi connectivity index (χ0v) is 22.0. The first-order valence-corrected chi connectivity index (χ1v) is 13.8. The van der Waals surface area contributed by atoms with E-state index in [4.69, 9.17) is 9.72 Å². The number of hydrogen-bond acceptors (Lipinski definition) is 4. The lowest BCUT2D eigenvalue weighted by molar-refractivity contribution is -0.141. The van der Waals surface area contributed by atoms with Crippen LogP contribution in [0.3, 0.4) is 0 Å².